The molecule has 4 heteroatoms. The zero-order valence-electron chi connectivity index (χ0n) is 10.7. The van der Waals surface area contributed by atoms with Gasteiger partial charge >= 0.3 is 6.09 Å². The first-order valence-corrected chi connectivity index (χ1v) is 6.33. The molecule has 0 saturated heterocycles. The zero-order chi connectivity index (χ0) is 12.1. The van der Waals surface area contributed by atoms with E-state index in [1.54, 1.807) is 11.9 Å². The summed E-state index contributed by atoms with van der Waals surface area (Å²) >= 11 is 1.85. The number of hydrogen-bond donors (Lipinski definition) is 0. The molecule has 0 fully saturated rings. The number of carbonyl (C=O) groups excluding carboxylic acids is 1. The van der Waals surface area contributed by atoms with Crippen molar-refractivity contribution < 1.29 is 9.53 Å². The first kappa shape index (κ1) is 14.6. The molecular weight excluding hydrogens is 210 g/mol. The van der Waals surface area contributed by atoms with Crippen molar-refractivity contribution in [3.63, 3.8) is 0 Å². The Labute approximate surface area is 97.5 Å². The molecule has 0 unspecified atom stereocenters. The molecule has 0 heterocycles. The topological polar surface area (TPSA) is 29.5 Å². The molecule has 0 atom stereocenters. The highest BCUT2D eigenvalue weighted by atomic mass is 32.2. The lowest BCUT2D eigenvalue weighted by Crippen LogP contribution is -2.35. The molecule has 0 bridgehead atoms. The van der Waals surface area contributed by atoms with Crippen molar-refractivity contribution in [1.82, 2.24) is 4.90 Å². The predicted molar refractivity (Wildman–Crippen MR) is 66.5 cm³/mol. The largest absolute Gasteiger partial charge is 0.444 e. The molecule has 0 aromatic rings. The van der Waals surface area contributed by atoms with Crippen molar-refractivity contribution in [2.24, 2.45) is 0 Å². The standard InChI is InChI=1S/C11H23NO2S/c1-9(2)15-8-7-12(6)10(13)14-11(3,4)5/h9H,7-8H2,1-6H3. The summed E-state index contributed by atoms with van der Waals surface area (Å²) in [5.74, 6) is 0.952. The van der Waals surface area contributed by atoms with E-state index in [2.05, 4.69) is 13.8 Å². The minimum Gasteiger partial charge on any atom is -0.444 e. The van der Waals surface area contributed by atoms with Gasteiger partial charge in [0.2, 0.25) is 0 Å². The smallest absolute Gasteiger partial charge is 0.410 e. The van der Waals surface area contributed by atoms with E-state index in [-0.39, 0.29) is 6.09 Å². The first-order valence-electron chi connectivity index (χ1n) is 5.28. The van der Waals surface area contributed by atoms with E-state index in [0.717, 1.165) is 12.3 Å². The van der Waals surface area contributed by atoms with E-state index in [0.29, 0.717) is 5.25 Å². The van der Waals surface area contributed by atoms with Crippen molar-refractivity contribution in [2.75, 3.05) is 19.3 Å². The Kier molecular flexibility index (Phi) is 6.10. The normalized spacial score (nSPS) is 11.7. The summed E-state index contributed by atoms with van der Waals surface area (Å²) in [4.78, 5) is 13.2. The van der Waals surface area contributed by atoms with Crippen LogP contribution in [0.4, 0.5) is 4.79 Å². The van der Waals surface area contributed by atoms with E-state index in [9.17, 15) is 4.79 Å². The van der Waals surface area contributed by atoms with Gasteiger partial charge in [-0.2, -0.15) is 11.8 Å². The van der Waals surface area contributed by atoms with Crippen LogP contribution >= 0.6 is 11.8 Å². The van der Waals surface area contributed by atoms with Gasteiger partial charge in [0.25, 0.3) is 0 Å². The van der Waals surface area contributed by atoms with Gasteiger partial charge in [0.15, 0.2) is 0 Å². The number of rotatable bonds is 4. The molecule has 0 aliphatic rings. The average Bonchev–Trinajstić information content (AvgIpc) is 1.99. The number of amides is 1. The lowest BCUT2D eigenvalue weighted by atomic mass is 10.2. The molecule has 90 valence electrons. The monoisotopic (exact) mass is 233 g/mol. The van der Waals surface area contributed by atoms with Gasteiger partial charge in [-0.25, -0.2) is 4.79 Å². The second-order valence-corrected chi connectivity index (χ2v) is 6.51. The predicted octanol–water partition coefficient (Wildman–Crippen LogP) is 2.99. The zero-order valence-corrected chi connectivity index (χ0v) is 11.5. The fraction of sp³-hybridized carbons (Fsp3) is 0.909. The fourth-order valence-electron chi connectivity index (χ4n) is 0.856. The highest BCUT2D eigenvalue weighted by Gasteiger charge is 2.19. The fourth-order valence-corrected chi connectivity index (χ4v) is 1.71. The van der Waals surface area contributed by atoms with E-state index in [1.807, 2.05) is 32.5 Å². The van der Waals surface area contributed by atoms with E-state index in [1.165, 1.54) is 0 Å². The van der Waals surface area contributed by atoms with Crippen LogP contribution in [0.2, 0.25) is 0 Å². The van der Waals surface area contributed by atoms with Crippen LogP contribution in [0, 0.1) is 0 Å². The highest BCUT2D eigenvalue weighted by Crippen LogP contribution is 2.11. The lowest BCUT2D eigenvalue weighted by molar-refractivity contribution is 0.0309. The van der Waals surface area contributed by atoms with Gasteiger partial charge in [0.1, 0.15) is 5.60 Å². The van der Waals surface area contributed by atoms with Crippen LogP contribution in [0.25, 0.3) is 0 Å². The third-order valence-electron chi connectivity index (χ3n) is 1.58. The van der Waals surface area contributed by atoms with Crippen LogP contribution in [-0.4, -0.2) is 41.2 Å². The Morgan fingerprint density at radius 2 is 1.93 bits per heavy atom. The van der Waals surface area contributed by atoms with Crippen molar-refractivity contribution in [1.29, 1.82) is 0 Å². The Morgan fingerprint density at radius 3 is 2.33 bits per heavy atom. The molecule has 0 radical (unpaired) electrons. The molecule has 0 N–H and O–H groups in total. The van der Waals surface area contributed by atoms with Crippen molar-refractivity contribution in [2.45, 2.75) is 45.5 Å². The minimum absolute atomic E-state index is 0.244. The third-order valence-corrected chi connectivity index (χ3v) is 2.67. The third kappa shape index (κ3) is 8.60. The van der Waals surface area contributed by atoms with Gasteiger partial charge in [0.05, 0.1) is 0 Å². The molecule has 0 rings (SSSR count). The van der Waals surface area contributed by atoms with Crippen LogP contribution in [0.1, 0.15) is 34.6 Å². The quantitative estimate of drug-likeness (QED) is 0.747. The first-order chi connectivity index (χ1) is 6.72. The Balaban J connectivity index is 3.80. The average molecular weight is 233 g/mol. The lowest BCUT2D eigenvalue weighted by Gasteiger charge is -2.24. The van der Waals surface area contributed by atoms with Crippen LogP contribution in [-0.2, 0) is 4.74 Å². The maximum Gasteiger partial charge on any atom is 0.410 e. The summed E-state index contributed by atoms with van der Waals surface area (Å²) in [6.07, 6.45) is -0.244. The summed E-state index contributed by atoms with van der Waals surface area (Å²) in [7, 11) is 1.77. The van der Waals surface area contributed by atoms with Crippen molar-refractivity contribution in [3.8, 4) is 0 Å². The van der Waals surface area contributed by atoms with Crippen molar-refractivity contribution >= 4 is 17.9 Å². The van der Waals surface area contributed by atoms with Gasteiger partial charge < -0.3 is 9.64 Å². The molecule has 15 heavy (non-hydrogen) atoms. The molecule has 0 aliphatic carbocycles. The summed E-state index contributed by atoms with van der Waals surface area (Å²) in [6.45, 7) is 10.7. The Hall–Kier alpha value is -0.380. The van der Waals surface area contributed by atoms with Crippen molar-refractivity contribution in [3.05, 3.63) is 0 Å². The van der Waals surface area contributed by atoms with Gasteiger partial charge in [-0.05, 0) is 26.0 Å². The second kappa shape index (κ2) is 6.26. The highest BCUT2D eigenvalue weighted by molar-refractivity contribution is 7.99. The summed E-state index contributed by atoms with van der Waals surface area (Å²) in [5, 5.41) is 0.608. The van der Waals surface area contributed by atoms with E-state index >= 15 is 0 Å². The van der Waals surface area contributed by atoms with Crippen LogP contribution in [0.3, 0.4) is 0 Å². The number of carbonyl (C=O) groups is 1. The van der Waals surface area contributed by atoms with Crippen LogP contribution < -0.4 is 0 Å². The number of ether oxygens (including phenoxy) is 1. The van der Waals surface area contributed by atoms with E-state index < -0.39 is 5.60 Å². The molecule has 0 saturated carbocycles. The summed E-state index contributed by atoms with van der Waals surface area (Å²) < 4.78 is 5.23. The van der Waals surface area contributed by atoms with Crippen LogP contribution in [0.15, 0.2) is 0 Å². The summed E-state index contributed by atoms with van der Waals surface area (Å²) in [6, 6.07) is 0. The molecule has 1 amide bonds. The maximum absolute atomic E-state index is 11.5. The Bertz CT molecular complexity index is 199. The van der Waals surface area contributed by atoms with Gasteiger partial charge in [-0.15, -0.1) is 0 Å². The van der Waals surface area contributed by atoms with Gasteiger partial charge in [0, 0.05) is 19.3 Å². The molecular formula is C11H23NO2S. The minimum atomic E-state index is -0.406. The van der Waals surface area contributed by atoms with Gasteiger partial charge in [-0.1, -0.05) is 13.8 Å². The maximum atomic E-state index is 11.5. The van der Waals surface area contributed by atoms with Crippen LogP contribution in [0.5, 0.6) is 0 Å². The number of nitrogens with zero attached hydrogens (tertiary/aromatic N) is 1. The van der Waals surface area contributed by atoms with Gasteiger partial charge in [-0.3, -0.25) is 0 Å². The number of hydrogen-bond acceptors (Lipinski definition) is 3. The number of thioether (sulfide) groups is 1. The second-order valence-electron chi connectivity index (χ2n) is 4.82. The molecule has 0 aromatic carbocycles. The molecule has 3 nitrogen and oxygen atoms in total. The SMILES string of the molecule is CC(C)SCCN(C)C(=O)OC(C)(C)C. The Morgan fingerprint density at radius 1 is 1.40 bits per heavy atom. The molecule has 0 spiro atoms. The summed E-state index contributed by atoms with van der Waals surface area (Å²) in [5.41, 5.74) is -0.406. The van der Waals surface area contributed by atoms with E-state index in [4.69, 9.17) is 4.74 Å². The molecule has 0 aliphatic heterocycles. The molecule has 0 aromatic heterocycles.